The summed E-state index contributed by atoms with van der Waals surface area (Å²) in [6.07, 6.45) is 6.05. The molecule has 0 amide bonds. The van der Waals surface area contributed by atoms with Crippen LogP contribution in [0, 0.1) is 5.92 Å². The first-order valence-electron chi connectivity index (χ1n) is 7.02. The Morgan fingerprint density at radius 3 is 2.63 bits per heavy atom. The average molecular weight is 383 g/mol. The molecule has 2 fully saturated rings. The molecule has 1 saturated carbocycles. The lowest BCUT2D eigenvalue weighted by atomic mass is 9.86. The first-order valence-corrected chi connectivity index (χ1v) is 7.02. The fourth-order valence-corrected chi connectivity index (χ4v) is 2.38. The molecular weight excluding hydrogens is 357 g/mol. The number of guanidine groups is 1. The summed E-state index contributed by atoms with van der Waals surface area (Å²) in [5.74, 6) is 1.25. The molecule has 2 aliphatic rings. The van der Waals surface area contributed by atoms with Crippen LogP contribution in [0.1, 0.15) is 38.5 Å². The number of hydrogen-bond acceptors (Lipinski definition) is 3. The van der Waals surface area contributed by atoms with Crippen LogP contribution < -0.4 is 11.1 Å². The van der Waals surface area contributed by atoms with Crippen molar-refractivity contribution in [1.29, 1.82) is 0 Å². The molecule has 19 heavy (non-hydrogen) atoms. The quantitative estimate of drug-likeness (QED) is 0.379. The Morgan fingerprint density at radius 1 is 1.37 bits per heavy atom. The van der Waals surface area contributed by atoms with Gasteiger partial charge in [0, 0.05) is 26.3 Å². The first kappa shape index (κ1) is 17.0. The lowest BCUT2D eigenvalue weighted by Gasteiger charge is -2.32. The van der Waals surface area contributed by atoms with E-state index in [-0.39, 0.29) is 24.0 Å². The number of halogens is 1. The van der Waals surface area contributed by atoms with Crippen molar-refractivity contribution in [2.24, 2.45) is 16.6 Å². The number of nitrogens with one attached hydrogen (secondary N) is 1. The van der Waals surface area contributed by atoms with Crippen LogP contribution in [0.4, 0.5) is 0 Å². The van der Waals surface area contributed by atoms with Gasteiger partial charge in [-0.1, -0.05) is 6.42 Å². The predicted molar refractivity (Wildman–Crippen MR) is 86.9 cm³/mol. The van der Waals surface area contributed by atoms with Gasteiger partial charge in [-0.3, -0.25) is 4.99 Å². The van der Waals surface area contributed by atoms with Gasteiger partial charge in [-0.2, -0.15) is 0 Å². The van der Waals surface area contributed by atoms with E-state index in [9.17, 15) is 5.11 Å². The number of hydrogen-bond donors (Lipinski definition) is 3. The van der Waals surface area contributed by atoms with E-state index < -0.39 is 5.60 Å². The van der Waals surface area contributed by atoms with Crippen LogP contribution in [-0.2, 0) is 4.74 Å². The Morgan fingerprint density at radius 2 is 2.05 bits per heavy atom. The monoisotopic (exact) mass is 383 g/mol. The summed E-state index contributed by atoms with van der Waals surface area (Å²) in [5.41, 5.74) is 5.21. The molecule has 4 N–H and O–H groups in total. The highest BCUT2D eigenvalue weighted by molar-refractivity contribution is 14.0. The minimum absolute atomic E-state index is 0. The van der Waals surface area contributed by atoms with E-state index in [2.05, 4.69) is 10.3 Å². The molecule has 2 rings (SSSR count). The van der Waals surface area contributed by atoms with Crippen LogP contribution in [0.15, 0.2) is 4.99 Å². The Hall–Kier alpha value is -0.0800. The van der Waals surface area contributed by atoms with Crippen molar-refractivity contribution in [2.75, 3.05) is 26.3 Å². The summed E-state index contributed by atoms with van der Waals surface area (Å²) in [6.45, 7) is 2.83. The zero-order valence-corrected chi connectivity index (χ0v) is 13.8. The number of aliphatic imine (C=N–C) groups is 1. The Kier molecular flexibility index (Phi) is 7.38. The molecule has 0 aromatic carbocycles. The number of ether oxygens (including phenoxy) is 1. The van der Waals surface area contributed by atoms with Gasteiger partial charge in [0.05, 0.1) is 5.60 Å². The van der Waals surface area contributed by atoms with Gasteiger partial charge in [0.1, 0.15) is 0 Å². The zero-order valence-electron chi connectivity index (χ0n) is 11.4. The Balaban J connectivity index is 0.00000180. The molecule has 1 saturated heterocycles. The van der Waals surface area contributed by atoms with Gasteiger partial charge in [0.2, 0.25) is 0 Å². The maximum Gasteiger partial charge on any atom is 0.188 e. The third kappa shape index (κ3) is 5.83. The number of aliphatic hydroxyl groups is 1. The van der Waals surface area contributed by atoms with Crippen LogP contribution in [0.25, 0.3) is 0 Å². The maximum atomic E-state index is 10.2. The summed E-state index contributed by atoms with van der Waals surface area (Å²) < 4.78 is 5.25. The van der Waals surface area contributed by atoms with Crippen LogP contribution >= 0.6 is 24.0 Å². The van der Waals surface area contributed by atoms with Crippen LogP contribution in [0.3, 0.4) is 0 Å². The van der Waals surface area contributed by atoms with Crippen molar-refractivity contribution in [3.05, 3.63) is 0 Å². The highest BCUT2D eigenvalue weighted by atomic mass is 127. The van der Waals surface area contributed by atoms with E-state index in [0.717, 1.165) is 12.5 Å². The second kappa shape index (κ2) is 8.26. The molecule has 1 aliphatic heterocycles. The first-order chi connectivity index (χ1) is 8.68. The molecule has 1 aliphatic carbocycles. The van der Waals surface area contributed by atoms with E-state index in [1.165, 1.54) is 19.3 Å². The largest absolute Gasteiger partial charge is 0.390 e. The minimum Gasteiger partial charge on any atom is -0.390 e. The van der Waals surface area contributed by atoms with Gasteiger partial charge in [-0.15, -0.1) is 24.0 Å². The fraction of sp³-hybridized carbons (Fsp3) is 0.923. The van der Waals surface area contributed by atoms with Crippen molar-refractivity contribution in [3.8, 4) is 0 Å². The van der Waals surface area contributed by atoms with E-state index in [4.69, 9.17) is 10.5 Å². The molecular formula is C13H26IN3O2. The van der Waals surface area contributed by atoms with Gasteiger partial charge in [0.15, 0.2) is 5.96 Å². The second-order valence-electron chi connectivity index (χ2n) is 5.54. The molecule has 112 valence electrons. The smallest absolute Gasteiger partial charge is 0.188 e. The second-order valence-corrected chi connectivity index (χ2v) is 5.54. The normalized spacial score (nSPS) is 23.3. The minimum atomic E-state index is -0.584. The zero-order chi connectivity index (χ0) is 12.8. The van der Waals surface area contributed by atoms with Crippen molar-refractivity contribution in [2.45, 2.75) is 44.1 Å². The predicted octanol–water partition coefficient (Wildman–Crippen LogP) is 1.24. The van der Waals surface area contributed by atoms with Crippen LogP contribution in [0.2, 0.25) is 0 Å². The van der Waals surface area contributed by atoms with E-state index in [1.54, 1.807) is 0 Å². The SMILES string of the molecule is I.NC(=NCC1CCC1)NCCC1(O)CCOCC1. The van der Waals surface area contributed by atoms with Crippen molar-refractivity contribution in [3.63, 3.8) is 0 Å². The molecule has 6 heteroatoms. The van der Waals surface area contributed by atoms with Crippen molar-refractivity contribution >= 4 is 29.9 Å². The average Bonchev–Trinajstić information content (AvgIpc) is 2.27. The molecule has 0 spiro atoms. The van der Waals surface area contributed by atoms with Gasteiger partial charge in [-0.25, -0.2) is 0 Å². The van der Waals surface area contributed by atoms with Crippen molar-refractivity contribution in [1.82, 2.24) is 5.32 Å². The van der Waals surface area contributed by atoms with Crippen molar-refractivity contribution < 1.29 is 9.84 Å². The Bertz CT molecular complexity index is 290. The van der Waals surface area contributed by atoms with E-state index >= 15 is 0 Å². The fourth-order valence-electron chi connectivity index (χ4n) is 2.38. The molecule has 0 unspecified atom stereocenters. The summed E-state index contributed by atoms with van der Waals surface area (Å²) >= 11 is 0. The molecule has 5 nitrogen and oxygen atoms in total. The van der Waals surface area contributed by atoms with Crippen LogP contribution in [0.5, 0.6) is 0 Å². The third-order valence-electron chi connectivity index (χ3n) is 4.06. The Labute approximate surface area is 132 Å². The number of rotatable bonds is 5. The molecule has 0 bridgehead atoms. The highest BCUT2D eigenvalue weighted by Crippen LogP contribution is 2.26. The molecule has 0 atom stereocenters. The van der Waals surface area contributed by atoms with E-state index in [1.807, 2.05) is 0 Å². The summed E-state index contributed by atoms with van der Waals surface area (Å²) in [4.78, 5) is 4.33. The molecule has 0 radical (unpaired) electrons. The highest BCUT2D eigenvalue weighted by Gasteiger charge is 2.29. The summed E-state index contributed by atoms with van der Waals surface area (Å²) in [7, 11) is 0. The maximum absolute atomic E-state index is 10.2. The van der Waals surface area contributed by atoms with Gasteiger partial charge in [-0.05, 0) is 38.0 Å². The topological polar surface area (TPSA) is 79.9 Å². The summed E-state index contributed by atoms with van der Waals surface area (Å²) in [5, 5.41) is 13.3. The number of nitrogens with two attached hydrogens (primary N) is 1. The lowest BCUT2D eigenvalue weighted by molar-refractivity contribution is -0.0668. The molecule has 0 aromatic rings. The molecule has 1 heterocycles. The van der Waals surface area contributed by atoms with E-state index in [0.29, 0.717) is 45.0 Å². The number of nitrogens with zero attached hydrogens (tertiary/aromatic N) is 1. The molecule has 0 aromatic heterocycles. The third-order valence-corrected chi connectivity index (χ3v) is 4.06. The van der Waals surface area contributed by atoms with Gasteiger partial charge < -0.3 is 20.9 Å². The van der Waals surface area contributed by atoms with Crippen LogP contribution in [-0.4, -0.2) is 43.0 Å². The van der Waals surface area contributed by atoms with Gasteiger partial charge >= 0.3 is 0 Å². The lowest BCUT2D eigenvalue weighted by Crippen LogP contribution is -2.41. The standard InChI is InChI=1S/C13H25N3O2.HI/c14-12(16-10-11-2-1-3-11)15-7-4-13(17)5-8-18-9-6-13;/h11,17H,1-10H2,(H3,14,15,16);1H. The summed E-state index contributed by atoms with van der Waals surface area (Å²) in [6, 6.07) is 0. The van der Waals surface area contributed by atoms with Gasteiger partial charge in [0.25, 0.3) is 0 Å².